The van der Waals surface area contributed by atoms with E-state index in [2.05, 4.69) is 20.5 Å². The van der Waals surface area contributed by atoms with E-state index in [-0.39, 0.29) is 82.0 Å². The van der Waals surface area contributed by atoms with Crippen molar-refractivity contribution < 1.29 is 119 Å². The fourth-order valence-corrected chi connectivity index (χ4v) is 6.33. The smallest absolute Gasteiger partial charge is 1.00 e. The molecule has 0 aliphatic heterocycles. The number of para-hydroxylation sites is 2. The molecule has 4 aromatic rings. The molecule has 0 spiro atoms. The topological polar surface area (TPSA) is 304 Å². The standard InChI is InChI=1S/C22H18As2N4O14S2.2Na/c29-21-18-11(9-16(43(35,36)37)19(21)27-25-12-5-1-3-7-14(12)41-23(31)32)10-17(44(38,39)40)20(22(18)30)28-26-13-6-2-4-8-15(13)42-24(33)34;;/h1-10,29-34H,(H,35,36,37)(H,38,39,40);;/q;2*+1/p-2. The van der Waals surface area contributed by atoms with Crippen molar-refractivity contribution in [3.05, 3.63) is 60.7 Å². The summed E-state index contributed by atoms with van der Waals surface area (Å²) in [6.07, 6.45) is 0. The number of rotatable bonds is 10. The molecule has 0 unspecified atom stereocenters. The SMILES string of the molecule is O=S(=O)([O-])c1cc2cc(S(=O)(=O)[O-])c(N=Nc3ccccc3O[As](O)O)c(O)c2c(O)c1N=Nc1ccccc1O[As](O)O.[Na+].[Na+]. The van der Waals surface area contributed by atoms with Crippen LogP contribution < -0.4 is 66.6 Å². The zero-order valence-electron chi connectivity index (χ0n) is 23.2. The van der Waals surface area contributed by atoms with Crippen LogP contribution in [0.4, 0.5) is 22.7 Å². The molecule has 0 amide bonds. The van der Waals surface area contributed by atoms with Crippen molar-refractivity contribution in [1.29, 1.82) is 0 Å². The number of phenols is 2. The van der Waals surface area contributed by atoms with Crippen LogP contribution in [0.5, 0.6) is 23.0 Å². The van der Waals surface area contributed by atoms with Gasteiger partial charge >= 0.3 is 318 Å². The van der Waals surface area contributed by atoms with Crippen molar-refractivity contribution in [2.24, 2.45) is 20.5 Å². The van der Waals surface area contributed by atoms with Crippen LogP contribution in [0.15, 0.2) is 90.9 Å². The number of hydrogen-bond acceptors (Lipinski definition) is 18. The molecule has 24 heteroatoms. The molecular weight excluding hydrogens is 804 g/mol. The molecular formula is C22H16As2N4Na2O14S2. The second-order valence-corrected chi connectivity index (χ2v) is 13.8. The van der Waals surface area contributed by atoms with Gasteiger partial charge in [-0.1, -0.05) is 0 Å². The van der Waals surface area contributed by atoms with Crippen LogP contribution in [0, 0.1) is 0 Å². The van der Waals surface area contributed by atoms with Crippen LogP contribution in [0.3, 0.4) is 0 Å². The van der Waals surface area contributed by atoms with Gasteiger partial charge in [-0.15, -0.1) is 0 Å². The first-order chi connectivity index (χ1) is 20.6. The Balaban J connectivity index is 0.00000368. The maximum Gasteiger partial charge on any atom is 1.00 e. The van der Waals surface area contributed by atoms with Crippen LogP contribution in [-0.2, 0) is 20.2 Å². The summed E-state index contributed by atoms with van der Waals surface area (Å²) in [5.41, 5.74) is -2.46. The molecule has 0 radical (unpaired) electrons. The van der Waals surface area contributed by atoms with Crippen molar-refractivity contribution in [3.63, 3.8) is 0 Å². The van der Waals surface area contributed by atoms with E-state index in [1.807, 2.05) is 0 Å². The molecule has 18 nitrogen and oxygen atoms in total. The average molecular weight is 820 g/mol. The van der Waals surface area contributed by atoms with Gasteiger partial charge in [0.25, 0.3) is 0 Å². The second kappa shape index (κ2) is 16.6. The largest absolute Gasteiger partial charge is 1.00 e. The second-order valence-electron chi connectivity index (χ2n) is 8.17. The van der Waals surface area contributed by atoms with Crippen molar-refractivity contribution in [1.82, 2.24) is 0 Å². The van der Waals surface area contributed by atoms with E-state index in [9.17, 15) is 52.5 Å². The molecule has 0 saturated carbocycles. The third-order valence-electron chi connectivity index (χ3n) is 5.40. The Morgan fingerprint density at radius 2 is 0.957 bits per heavy atom. The molecule has 0 atom stereocenters. The summed E-state index contributed by atoms with van der Waals surface area (Å²) >= 11 is -7.40. The number of fused-ring (bicyclic) bond motifs is 1. The number of hydrogen-bond donors (Lipinski definition) is 6. The van der Waals surface area contributed by atoms with Gasteiger partial charge in [-0.05, 0) is 0 Å². The molecule has 0 fully saturated rings. The average Bonchev–Trinajstić information content (AvgIpc) is 2.91. The summed E-state index contributed by atoms with van der Waals surface area (Å²) in [4.78, 5) is -2.47. The van der Waals surface area contributed by atoms with E-state index in [0.717, 1.165) is 0 Å². The van der Waals surface area contributed by atoms with E-state index < -0.39 is 95.0 Å². The van der Waals surface area contributed by atoms with Gasteiger partial charge in [-0.2, -0.15) is 0 Å². The van der Waals surface area contributed by atoms with Gasteiger partial charge in [0.15, 0.2) is 0 Å². The predicted molar refractivity (Wildman–Crippen MR) is 146 cm³/mol. The molecule has 0 aliphatic rings. The molecule has 0 aromatic heterocycles. The van der Waals surface area contributed by atoms with E-state index >= 15 is 0 Å². The van der Waals surface area contributed by atoms with Crippen molar-refractivity contribution >= 4 is 85.1 Å². The Morgan fingerprint density at radius 3 is 1.28 bits per heavy atom. The summed E-state index contributed by atoms with van der Waals surface area (Å²) in [7, 11) is -11.0. The molecule has 4 rings (SSSR count). The number of phenolic OH excluding ortho intramolecular Hbond substituents is 2. The van der Waals surface area contributed by atoms with Crippen LogP contribution in [0.2, 0.25) is 0 Å². The van der Waals surface area contributed by atoms with E-state index in [1.54, 1.807) is 0 Å². The Morgan fingerprint density at radius 1 is 0.609 bits per heavy atom. The molecule has 4 aromatic carbocycles. The minimum Gasteiger partial charge on any atom is 1.00 e. The zero-order chi connectivity index (χ0) is 32.4. The Hall–Kier alpha value is -1.68. The Labute approximate surface area is 314 Å². The molecule has 0 bridgehead atoms. The van der Waals surface area contributed by atoms with E-state index in [0.29, 0.717) is 12.1 Å². The number of benzene rings is 4. The van der Waals surface area contributed by atoms with Crippen LogP contribution in [-0.4, -0.2) is 83.9 Å². The van der Waals surface area contributed by atoms with Crippen molar-refractivity contribution in [2.45, 2.75) is 9.79 Å². The Bertz CT molecular complexity index is 1890. The van der Waals surface area contributed by atoms with Crippen LogP contribution >= 0.6 is 0 Å². The van der Waals surface area contributed by atoms with Gasteiger partial charge in [-0.25, -0.2) is 0 Å². The van der Waals surface area contributed by atoms with Crippen LogP contribution in [0.1, 0.15) is 0 Å². The summed E-state index contributed by atoms with van der Waals surface area (Å²) < 4.78 is 119. The number of nitrogens with zero attached hydrogens (tertiary/aromatic N) is 4. The van der Waals surface area contributed by atoms with Crippen molar-refractivity contribution in [3.8, 4) is 23.0 Å². The first-order valence-corrected chi connectivity index (χ1v) is 19.0. The summed E-state index contributed by atoms with van der Waals surface area (Å²) in [6.45, 7) is 0. The first kappa shape index (κ1) is 40.5. The van der Waals surface area contributed by atoms with Gasteiger partial charge in [0.1, 0.15) is 0 Å². The van der Waals surface area contributed by atoms with Gasteiger partial charge in [0.05, 0.1) is 0 Å². The number of azo groups is 2. The number of aromatic hydroxyl groups is 2. The fourth-order valence-electron chi connectivity index (χ4n) is 3.65. The quantitative estimate of drug-likeness (QED) is 0.0500. The molecule has 232 valence electrons. The van der Waals surface area contributed by atoms with E-state index in [1.165, 1.54) is 48.5 Å². The minimum absolute atomic E-state index is 0. The summed E-state index contributed by atoms with van der Waals surface area (Å²) in [6, 6.07) is 11.8. The predicted octanol–water partition coefficient (Wildman–Crippen LogP) is -4.41. The molecule has 0 heterocycles. The summed E-state index contributed by atoms with van der Waals surface area (Å²) in [5, 5.41) is 35.3. The minimum atomic E-state index is -5.48. The van der Waals surface area contributed by atoms with Gasteiger partial charge < -0.3 is 0 Å². The summed E-state index contributed by atoms with van der Waals surface area (Å²) in [5.74, 6) is -2.83. The van der Waals surface area contributed by atoms with E-state index in [4.69, 9.17) is 7.45 Å². The van der Waals surface area contributed by atoms with Crippen LogP contribution in [0.25, 0.3) is 10.8 Å². The normalized spacial score (nSPS) is 12.1. The third-order valence-corrected chi connectivity index (χ3v) is 8.61. The van der Waals surface area contributed by atoms with Crippen molar-refractivity contribution in [2.75, 3.05) is 0 Å². The first-order valence-electron chi connectivity index (χ1n) is 11.3. The Kier molecular flexibility index (Phi) is 14.6. The fraction of sp³-hybridized carbons (Fsp3) is 0. The molecule has 0 aliphatic carbocycles. The van der Waals surface area contributed by atoms with Gasteiger partial charge in [0, 0.05) is 0 Å². The molecule has 0 saturated heterocycles. The monoisotopic (exact) mass is 820 g/mol. The molecule has 46 heavy (non-hydrogen) atoms. The molecule has 6 N–H and O–H groups in total. The maximum absolute atomic E-state index is 12.1. The van der Waals surface area contributed by atoms with Gasteiger partial charge in [0.2, 0.25) is 0 Å². The van der Waals surface area contributed by atoms with Gasteiger partial charge in [-0.3, -0.25) is 0 Å². The maximum atomic E-state index is 12.1. The zero-order valence-corrected chi connectivity index (χ0v) is 32.6. The third kappa shape index (κ3) is 9.70.